The Morgan fingerprint density at radius 1 is 1.11 bits per heavy atom. The van der Waals surface area contributed by atoms with Crippen molar-refractivity contribution < 1.29 is 18.1 Å². The van der Waals surface area contributed by atoms with Crippen LogP contribution in [0.4, 0.5) is 0 Å². The Morgan fingerprint density at radius 2 is 1.74 bits per heavy atom. The fourth-order valence-electron chi connectivity index (χ4n) is 1.20. The summed E-state index contributed by atoms with van der Waals surface area (Å²) in [5.41, 5.74) is 0. The summed E-state index contributed by atoms with van der Waals surface area (Å²) in [6, 6.07) is 7.42. The Bertz CT molecular complexity index is 483. The first kappa shape index (κ1) is 17.6. The molecule has 106 valence electrons. The number of benzene rings is 1. The van der Waals surface area contributed by atoms with Crippen LogP contribution in [0.5, 0.6) is 0 Å². The molecule has 19 heavy (non-hydrogen) atoms. The number of hydrogen-bond acceptors (Lipinski definition) is 3. The van der Waals surface area contributed by atoms with Crippen molar-refractivity contribution in [2.75, 3.05) is 6.61 Å². The van der Waals surface area contributed by atoms with E-state index >= 15 is 0 Å². The van der Waals surface area contributed by atoms with Crippen molar-refractivity contribution in [2.45, 2.75) is 37.5 Å². The summed E-state index contributed by atoms with van der Waals surface area (Å²) in [6.45, 7) is 2.17. The zero-order chi connectivity index (χ0) is 14.6. The van der Waals surface area contributed by atoms with Gasteiger partial charge in [0.1, 0.15) is 6.61 Å². The van der Waals surface area contributed by atoms with E-state index in [4.69, 9.17) is 9.66 Å². The summed E-state index contributed by atoms with van der Waals surface area (Å²) in [6.07, 6.45) is 4.60. The average molecular weight is 284 g/mol. The Labute approximate surface area is 115 Å². The van der Waals surface area contributed by atoms with Gasteiger partial charge in [-0.2, -0.15) is 8.42 Å². The molecule has 4 nitrogen and oxygen atoms in total. The van der Waals surface area contributed by atoms with Crippen molar-refractivity contribution in [3.05, 3.63) is 30.3 Å². The van der Waals surface area contributed by atoms with Crippen LogP contribution in [-0.2, 0) is 10.1 Å². The van der Waals surface area contributed by atoms with Crippen molar-refractivity contribution in [1.29, 1.82) is 0 Å². The van der Waals surface area contributed by atoms with Crippen molar-refractivity contribution in [3.63, 3.8) is 0 Å². The Kier molecular flexibility index (Phi) is 9.81. The second-order valence-corrected chi connectivity index (χ2v) is 5.18. The molecule has 2 N–H and O–H groups in total. The lowest BCUT2D eigenvalue weighted by atomic mass is 10.2. The fourth-order valence-corrected chi connectivity index (χ4v) is 1.70. The SMILES string of the molecule is CCCCCC#CCO.O=S(=O)(O)c1ccccc1. The molecule has 0 aliphatic rings. The van der Waals surface area contributed by atoms with E-state index in [-0.39, 0.29) is 11.5 Å². The number of aliphatic hydroxyl groups is 1. The molecule has 0 unspecified atom stereocenters. The van der Waals surface area contributed by atoms with Gasteiger partial charge < -0.3 is 5.11 Å². The van der Waals surface area contributed by atoms with Crippen molar-refractivity contribution in [2.24, 2.45) is 0 Å². The van der Waals surface area contributed by atoms with Crippen LogP contribution in [0.2, 0.25) is 0 Å². The quantitative estimate of drug-likeness (QED) is 0.506. The lowest BCUT2D eigenvalue weighted by Crippen LogP contribution is -1.96. The standard InChI is InChI=1S/C8H14O.C6H6O3S/c1-2-3-4-5-6-7-8-9;7-10(8,9)6-4-2-1-3-5-6/h9H,2-5,8H2,1H3;1-5H,(H,7,8,9). The first-order valence-electron chi connectivity index (χ1n) is 6.11. The van der Waals surface area contributed by atoms with Crippen LogP contribution >= 0.6 is 0 Å². The van der Waals surface area contributed by atoms with E-state index in [1.807, 2.05) is 0 Å². The lowest BCUT2D eigenvalue weighted by molar-refractivity contribution is 0.350. The highest BCUT2D eigenvalue weighted by atomic mass is 32.2. The van der Waals surface area contributed by atoms with Crippen molar-refractivity contribution in [1.82, 2.24) is 0 Å². The second kappa shape index (κ2) is 10.6. The van der Waals surface area contributed by atoms with Crippen LogP contribution in [0.3, 0.4) is 0 Å². The first-order valence-corrected chi connectivity index (χ1v) is 7.55. The second-order valence-electron chi connectivity index (χ2n) is 3.76. The van der Waals surface area contributed by atoms with E-state index in [1.54, 1.807) is 18.2 Å². The van der Waals surface area contributed by atoms with Crippen LogP contribution in [0.15, 0.2) is 35.2 Å². The molecule has 0 radical (unpaired) electrons. The Balaban J connectivity index is 0.000000344. The predicted octanol–water partition coefficient (Wildman–Crippen LogP) is 2.50. The minimum absolute atomic E-state index is 0.00608. The molecule has 1 aromatic rings. The van der Waals surface area contributed by atoms with Gasteiger partial charge in [-0.05, 0) is 18.6 Å². The van der Waals surface area contributed by atoms with Gasteiger partial charge in [0.2, 0.25) is 0 Å². The molecular formula is C14H20O4S. The van der Waals surface area contributed by atoms with Gasteiger partial charge in [0.25, 0.3) is 10.1 Å². The van der Waals surface area contributed by atoms with Gasteiger partial charge in [-0.3, -0.25) is 4.55 Å². The van der Waals surface area contributed by atoms with E-state index in [1.165, 1.54) is 31.4 Å². The van der Waals surface area contributed by atoms with E-state index in [0.29, 0.717) is 0 Å². The molecule has 1 rings (SSSR count). The summed E-state index contributed by atoms with van der Waals surface area (Å²) in [4.78, 5) is -0.0741. The van der Waals surface area contributed by atoms with Gasteiger partial charge in [0.05, 0.1) is 4.90 Å². The largest absolute Gasteiger partial charge is 0.384 e. The normalized spacial score (nSPS) is 9.84. The highest BCUT2D eigenvalue weighted by molar-refractivity contribution is 7.85. The lowest BCUT2D eigenvalue weighted by Gasteiger charge is -1.92. The molecule has 5 heteroatoms. The van der Waals surface area contributed by atoms with Gasteiger partial charge in [-0.25, -0.2) is 0 Å². The molecule has 0 amide bonds. The first-order chi connectivity index (χ1) is 9.02. The molecular weight excluding hydrogens is 264 g/mol. The van der Waals surface area contributed by atoms with E-state index in [0.717, 1.165) is 6.42 Å². The monoisotopic (exact) mass is 284 g/mol. The van der Waals surface area contributed by atoms with Crippen LogP contribution in [0.1, 0.15) is 32.6 Å². The molecule has 0 aliphatic heterocycles. The predicted molar refractivity (Wildman–Crippen MR) is 75.3 cm³/mol. The van der Waals surface area contributed by atoms with E-state index < -0.39 is 10.1 Å². The number of aliphatic hydroxyl groups excluding tert-OH is 1. The van der Waals surface area contributed by atoms with Gasteiger partial charge in [-0.15, -0.1) is 5.92 Å². The van der Waals surface area contributed by atoms with Gasteiger partial charge in [0.15, 0.2) is 0 Å². The fraction of sp³-hybridized carbons (Fsp3) is 0.429. The Hall–Kier alpha value is -1.35. The van der Waals surface area contributed by atoms with Crippen LogP contribution in [-0.4, -0.2) is 24.7 Å². The maximum atomic E-state index is 10.4. The minimum atomic E-state index is -4.00. The maximum absolute atomic E-state index is 10.4. The Morgan fingerprint density at radius 3 is 2.16 bits per heavy atom. The van der Waals surface area contributed by atoms with E-state index in [9.17, 15) is 8.42 Å². The highest BCUT2D eigenvalue weighted by Gasteiger charge is 2.05. The third kappa shape index (κ3) is 10.3. The number of unbranched alkanes of at least 4 members (excludes halogenated alkanes) is 3. The van der Waals surface area contributed by atoms with Gasteiger partial charge >= 0.3 is 0 Å². The highest BCUT2D eigenvalue weighted by Crippen LogP contribution is 2.05. The zero-order valence-corrected chi connectivity index (χ0v) is 11.9. The summed E-state index contributed by atoms with van der Waals surface area (Å²) in [7, 11) is -4.00. The minimum Gasteiger partial charge on any atom is -0.384 e. The molecule has 0 saturated heterocycles. The smallest absolute Gasteiger partial charge is 0.294 e. The summed E-state index contributed by atoms with van der Waals surface area (Å²) in [5.74, 6) is 5.48. The topological polar surface area (TPSA) is 74.6 Å². The molecule has 0 heterocycles. The average Bonchev–Trinajstić information content (AvgIpc) is 2.40. The number of rotatable bonds is 4. The van der Waals surface area contributed by atoms with E-state index in [2.05, 4.69) is 18.8 Å². The molecule has 1 aromatic carbocycles. The van der Waals surface area contributed by atoms with Crippen LogP contribution < -0.4 is 0 Å². The van der Waals surface area contributed by atoms with Crippen molar-refractivity contribution in [3.8, 4) is 11.8 Å². The maximum Gasteiger partial charge on any atom is 0.294 e. The third-order valence-corrected chi connectivity index (χ3v) is 3.02. The molecule has 0 atom stereocenters. The summed E-state index contributed by atoms with van der Waals surface area (Å²) < 4.78 is 29.2. The van der Waals surface area contributed by atoms with Crippen LogP contribution in [0, 0.1) is 11.8 Å². The molecule has 0 bridgehead atoms. The zero-order valence-electron chi connectivity index (χ0n) is 11.0. The van der Waals surface area contributed by atoms with Gasteiger partial charge in [0, 0.05) is 6.42 Å². The molecule has 0 fully saturated rings. The number of hydrogen-bond donors (Lipinski definition) is 2. The van der Waals surface area contributed by atoms with Gasteiger partial charge in [-0.1, -0.05) is 43.9 Å². The van der Waals surface area contributed by atoms with Crippen LogP contribution in [0.25, 0.3) is 0 Å². The summed E-state index contributed by atoms with van der Waals surface area (Å²) >= 11 is 0. The molecule has 0 saturated carbocycles. The third-order valence-electron chi connectivity index (χ3n) is 2.15. The summed E-state index contributed by atoms with van der Waals surface area (Å²) in [5, 5.41) is 8.25. The molecule has 0 aromatic heterocycles. The molecule has 0 aliphatic carbocycles. The molecule has 0 spiro atoms. The van der Waals surface area contributed by atoms with Crippen molar-refractivity contribution >= 4 is 10.1 Å².